The van der Waals surface area contributed by atoms with Crippen LogP contribution in [0.4, 0.5) is 0 Å². The van der Waals surface area contributed by atoms with Crippen molar-refractivity contribution in [2.45, 2.75) is 19.8 Å². The molecule has 1 fully saturated rings. The lowest BCUT2D eigenvalue weighted by molar-refractivity contribution is 0.198. The van der Waals surface area contributed by atoms with Crippen LogP contribution in [0.1, 0.15) is 18.4 Å². The van der Waals surface area contributed by atoms with Crippen molar-refractivity contribution in [3.8, 4) is 11.3 Å². The van der Waals surface area contributed by atoms with E-state index in [0.29, 0.717) is 5.71 Å². The summed E-state index contributed by atoms with van der Waals surface area (Å²) in [4.78, 5) is 17.3. The van der Waals surface area contributed by atoms with Crippen LogP contribution in [-0.4, -0.2) is 35.4 Å². The van der Waals surface area contributed by atoms with Crippen molar-refractivity contribution in [3.05, 3.63) is 52.6 Å². The SMILES string of the molecule is C1CCOC1.CO.Cc1ccc(-c2cc3cnc(=O)[nH]c3o2)cc1. The fourth-order valence-corrected chi connectivity index (χ4v) is 2.23. The minimum Gasteiger partial charge on any atom is -0.440 e. The molecule has 4 rings (SSSR count). The van der Waals surface area contributed by atoms with Crippen molar-refractivity contribution in [2.24, 2.45) is 0 Å². The van der Waals surface area contributed by atoms with E-state index in [9.17, 15) is 4.79 Å². The number of furan rings is 1. The zero-order chi connectivity index (χ0) is 17.4. The molecule has 1 saturated heterocycles. The monoisotopic (exact) mass is 330 g/mol. The van der Waals surface area contributed by atoms with Gasteiger partial charge in [0.2, 0.25) is 5.71 Å². The lowest BCUT2D eigenvalue weighted by Crippen LogP contribution is -2.07. The first-order chi connectivity index (χ1) is 11.7. The van der Waals surface area contributed by atoms with Gasteiger partial charge >= 0.3 is 5.69 Å². The zero-order valence-electron chi connectivity index (χ0n) is 13.9. The minimum atomic E-state index is -0.401. The van der Waals surface area contributed by atoms with Crippen molar-refractivity contribution in [1.29, 1.82) is 0 Å². The van der Waals surface area contributed by atoms with Crippen LogP contribution in [-0.2, 0) is 4.74 Å². The fraction of sp³-hybridized carbons (Fsp3) is 0.333. The number of nitrogens with one attached hydrogen (secondary N) is 1. The van der Waals surface area contributed by atoms with Crippen molar-refractivity contribution in [1.82, 2.24) is 9.97 Å². The van der Waals surface area contributed by atoms with Gasteiger partial charge in [0.1, 0.15) is 5.76 Å². The first-order valence-corrected chi connectivity index (χ1v) is 7.81. The van der Waals surface area contributed by atoms with Crippen molar-refractivity contribution >= 4 is 11.1 Å². The average Bonchev–Trinajstić information content (AvgIpc) is 3.30. The van der Waals surface area contributed by atoms with Gasteiger partial charge in [0.15, 0.2) is 0 Å². The summed E-state index contributed by atoms with van der Waals surface area (Å²) in [5.74, 6) is 0.726. The smallest absolute Gasteiger partial charge is 0.347 e. The second-order valence-electron chi connectivity index (χ2n) is 5.27. The van der Waals surface area contributed by atoms with Gasteiger partial charge in [-0.2, -0.15) is 0 Å². The van der Waals surface area contributed by atoms with Gasteiger partial charge in [-0.05, 0) is 25.8 Å². The fourth-order valence-electron chi connectivity index (χ4n) is 2.23. The zero-order valence-corrected chi connectivity index (χ0v) is 13.9. The van der Waals surface area contributed by atoms with E-state index in [0.717, 1.165) is 37.0 Å². The highest BCUT2D eigenvalue weighted by Crippen LogP contribution is 2.25. The molecule has 24 heavy (non-hydrogen) atoms. The van der Waals surface area contributed by atoms with Crippen LogP contribution in [0.15, 0.2) is 45.7 Å². The Balaban J connectivity index is 0.000000252. The van der Waals surface area contributed by atoms with Gasteiger partial charge in [0.05, 0.1) is 5.39 Å². The highest BCUT2D eigenvalue weighted by atomic mass is 16.5. The molecule has 0 spiro atoms. The predicted octanol–water partition coefficient (Wildman–Crippen LogP) is 2.90. The Labute approximate surface area is 140 Å². The minimum absolute atomic E-state index is 0.401. The van der Waals surface area contributed by atoms with E-state index in [2.05, 4.69) is 9.97 Å². The van der Waals surface area contributed by atoms with Gasteiger partial charge in [-0.15, -0.1) is 0 Å². The second-order valence-corrected chi connectivity index (χ2v) is 5.27. The number of aromatic amines is 1. The lowest BCUT2D eigenvalue weighted by Gasteiger charge is -1.96. The van der Waals surface area contributed by atoms with Crippen LogP contribution in [0.3, 0.4) is 0 Å². The Morgan fingerprint density at radius 2 is 1.79 bits per heavy atom. The molecule has 2 N–H and O–H groups in total. The standard InChI is InChI=1S/C13H10N2O2.C4H8O.CH4O/c1-8-2-4-9(5-3-8)11-6-10-7-14-13(16)15-12(10)17-11;1-2-4-5-3-1;1-2/h2-7H,1H3,(H,14,15,16);1-4H2;2H,1H3. The highest BCUT2D eigenvalue weighted by molar-refractivity contribution is 5.78. The van der Waals surface area contributed by atoms with Gasteiger partial charge in [-0.1, -0.05) is 29.8 Å². The van der Waals surface area contributed by atoms with Crippen LogP contribution in [0.25, 0.3) is 22.4 Å². The first-order valence-electron chi connectivity index (χ1n) is 7.81. The summed E-state index contributed by atoms with van der Waals surface area (Å²) >= 11 is 0. The normalized spacial score (nSPS) is 13.0. The molecule has 0 saturated carbocycles. The van der Waals surface area contributed by atoms with Crippen molar-refractivity contribution in [2.75, 3.05) is 20.3 Å². The number of aliphatic hydroxyl groups excluding tert-OH is 1. The van der Waals surface area contributed by atoms with Gasteiger partial charge in [-0.3, -0.25) is 4.98 Å². The van der Waals surface area contributed by atoms with E-state index in [1.165, 1.54) is 24.6 Å². The summed E-state index contributed by atoms with van der Waals surface area (Å²) in [7, 11) is 1.00. The van der Waals surface area contributed by atoms with Gasteiger partial charge in [-0.25, -0.2) is 9.78 Å². The Hall–Kier alpha value is -2.44. The third-order valence-electron chi connectivity index (χ3n) is 3.47. The molecule has 2 aromatic heterocycles. The van der Waals surface area contributed by atoms with Crippen molar-refractivity contribution in [3.63, 3.8) is 0 Å². The van der Waals surface area contributed by atoms with Crippen LogP contribution in [0, 0.1) is 6.92 Å². The molecule has 6 heteroatoms. The number of aliphatic hydroxyl groups is 1. The molecule has 0 unspecified atom stereocenters. The highest BCUT2D eigenvalue weighted by Gasteiger charge is 2.06. The van der Waals surface area contributed by atoms with Gasteiger partial charge in [0, 0.05) is 32.1 Å². The number of hydrogen-bond donors (Lipinski definition) is 2. The molecule has 0 radical (unpaired) electrons. The van der Waals surface area contributed by atoms with E-state index < -0.39 is 5.69 Å². The maximum absolute atomic E-state index is 11.0. The molecule has 0 amide bonds. The quantitative estimate of drug-likeness (QED) is 0.716. The predicted molar refractivity (Wildman–Crippen MR) is 93.0 cm³/mol. The van der Waals surface area contributed by atoms with Crippen LogP contribution < -0.4 is 5.69 Å². The number of fused-ring (bicyclic) bond motifs is 1. The summed E-state index contributed by atoms with van der Waals surface area (Å²) in [6.07, 6.45) is 4.06. The number of hydrogen-bond acceptors (Lipinski definition) is 5. The average molecular weight is 330 g/mol. The molecule has 0 aliphatic carbocycles. The first kappa shape index (κ1) is 17.9. The van der Waals surface area contributed by atoms with E-state index in [1.807, 2.05) is 37.3 Å². The topological polar surface area (TPSA) is 88.4 Å². The van der Waals surface area contributed by atoms with Crippen molar-refractivity contribution < 1.29 is 14.3 Å². The number of nitrogens with zero attached hydrogens (tertiary/aromatic N) is 1. The van der Waals surface area contributed by atoms with Crippen LogP contribution >= 0.6 is 0 Å². The molecular weight excluding hydrogens is 308 g/mol. The molecule has 3 aromatic rings. The van der Waals surface area contributed by atoms with E-state index in [1.54, 1.807) is 0 Å². The summed E-state index contributed by atoms with van der Waals surface area (Å²) in [6.45, 7) is 4.03. The van der Waals surface area contributed by atoms with Crippen LogP contribution in [0.2, 0.25) is 0 Å². The Kier molecular flexibility index (Phi) is 6.72. The largest absolute Gasteiger partial charge is 0.440 e. The number of rotatable bonds is 1. The van der Waals surface area contributed by atoms with E-state index in [-0.39, 0.29) is 0 Å². The third kappa shape index (κ3) is 4.78. The summed E-state index contributed by atoms with van der Waals surface area (Å²) in [6, 6.07) is 9.87. The molecular formula is C18H22N2O4. The Morgan fingerprint density at radius 3 is 2.38 bits per heavy atom. The molecule has 128 valence electrons. The molecule has 1 aromatic carbocycles. The molecule has 0 bridgehead atoms. The number of ether oxygens (including phenoxy) is 1. The number of aromatic nitrogens is 2. The maximum atomic E-state index is 11.0. The van der Waals surface area contributed by atoms with Gasteiger partial charge < -0.3 is 14.3 Å². The Bertz CT molecular complexity index is 794. The lowest BCUT2D eigenvalue weighted by atomic mass is 10.1. The van der Waals surface area contributed by atoms with E-state index in [4.69, 9.17) is 14.3 Å². The number of H-pyrrole nitrogens is 1. The molecule has 1 aliphatic heterocycles. The Morgan fingerprint density at radius 1 is 1.12 bits per heavy atom. The number of benzene rings is 1. The maximum Gasteiger partial charge on any atom is 0.347 e. The second kappa shape index (κ2) is 9.00. The third-order valence-corrected chi connectivity index (χ3v) is 3.47. The van der Waals surface area contributed by atoms with Crippen LogP contribution in [0.5, 0.6) is 0 Å². The molecule has 3 heterocycles. The van der Waals surface area contributed by atoms with E-state index >= 15 is 0 Å². The summed E-state index contributed by atoms with van der Waals surface area (Å²) in [5.41, 5.74) is 2.23. The van der Waals surface area contributed by atoms with Gasteiger partial charge in [0.25, 0.3) is 0 Å². The molecule has 0 atom stereocenters. The number of aryl methyl sites for hydroxylation is 1. The molecule has 6 nitrogen and oxygen atoms in total. The summed E-state index contributed by atoms with van der Waals surface area (Å²) < 4.78 is 10.5. The molecule has 1 aliphatic rings. The summed E-state index contributed by atoms with van der Waals surface area (Å²) in [5, 5.41) is 7.79.